The summed E-state index contributed by atoms with van der Waals surface area (Å²) >= 11 is 0. The van der Waals surface area contributed by atoms with Crippen molar-refractivity contribution < 1.29 is 9.53 Å². The molecule has 0 N–H and O–H groups in total. The first-order chi connectivity index (χ1) is 10.7. The molecule has 1 aliphatic heterocycles. The van der Waals surface area contributed by atoms with E-state index in [0.29, 0.717) is 18.9 Å². The molecular weight excluding hydrogens is 278 g/mol. The van der Waals surface area contributed by atoms with Crippen molar-refractivity contribution in [1.82, 2.24) is 0 Å². The number of benzene rings is 2. The molecule has 0 radical (unpaired) electrons. The molecule has 0 saturated carbocycles. The van der Waals surface area contributed by atoms with Crippen LogP contribution in [-0.4, -0.2) is 25.6 Å². The summed E-state index contributed by atoms with van der Waals surface area (Å²) in [5.41, 5.74) is 1.77. The van der Waals surface area contributed by atoms with Crippen molar-refractivity contribution in [2.75, 3.05) is 23.5 Å². The molecule has 0 atom stereocenters. The van der Waals surface area contributed by atoms with E-state index >= 15 is 0 Å². The fourth-order valence-corrected chi connectivity index (χ4v) is 2.22. The summed E-state index contributed by atoms with van der Waals surface area (Å²) < 4.78 is 5.37. The molecule has 0 saturated heterocycles. The minimum Gasteiger partial charge on any atom is -0.393 e. The number of hydrogen-bond acceptors (Lipinski definition) is 4. The second-order valence-electron chi connectivity index (χ2n) is 4.96. The van der Waals surface area contributed by atoms with Crippen LogP contribution in [0.5, 0.6) is 0 Å². The maximum Gasteiger partial charge on any atom is 0.420 e. The van der Waals surface area contributed by atoms with Gasteiger partial charge < -0.3 is 4.74 Å². The van der Waals surface area contributed by atoms with Gasteiger partial charge in [0.05, 0.1) is 12.2 Å². The van der Waals surface area contributed by atoms with Crippen molar-refractivity contribution in [1.29, 1.82) is 0 Å². The summed E-state index contributed by atoms with van der Waals surface area (Å²) in [7, 11) is 1.68. The zero-order valence-corrected chi connectivity index (χ0v) is 12.3. The van der Waals surface area contributed by atoms with Crippen LogP contribution in [-0.2, 0) is 4.74 Å². The highest BCUT2D eigenvalue weighted by molar-refractivity contribution is 5.97. The predicted octanol–water partition coefficient (Wildman–Crippen LogP) is 3.48. The van der Waals surface area contributed by atoms with Gasteiger partial charge in [-0.05, 0) is 24.3 Å². The SMILES string of the molecule is CN(C(=O)OC1=NN(c2ccccc2)CC1)c1ccccc1. The Labute approximate surface area is 129 Å². The summed E-state index contributed by atoms with van der Waals surface area (Å²) in [6.07, 6.45) is 0.184. The maximum absolute atomic E-state index is 12.1. The second kappa shape index (κ2) is 6.30. The summed E-state index contributed by atoms with van der Waals surface area (Å²) in [6.45, 7) is 0.710. The minimum atomic E-state index is -0.431. The number of hydrogen-bond donors (Lipinski definition) is 0. The highest BCUT2D eigenvalue weighted by Gasteiger charge is 2.21. The van der Waals surface area contributed by atoms with Crippen molar-refractivity contribution in [2.24, 2.45) is 5.10 Å². The first kappa shape index (κ1) is 14.1. The van der Waals surface area contributed by atoms with Gasteiger partial charge in [-0.15, -0.1) is 5.10 Å². The number of ether oxygens (including phenoxy) is 1. The van der Waals surface area contributed by atoms with Crippen LogP contribution in [0.2, 0.25) is 0 Å². The van der Waals surface area contributed by atoms with Gasteiger partial charge in [-0.25, -0.2) is 4.79 Å². The topological polar surface area (TPSA) is 45.1 Å². The van der Waals surface area contributed by atoms with Crippen molar-refractivity contribution in [3.8, 4) is 0 Å². The molecule has 2 aromatic rings. The summed E-state index contributed by atoms with van der Waals surface area (Å²) in [6, 6.07) is 19.2. The Hall–Kier alpha value is -2.82. The number of para-hydroxylation sites is 2. The lowest BCUT2D eigenvalue weighted by molar-refractivity contribution is 0.205. The first-order valence-electron chi connectivity index (χ1n) is 7.15. The van der Waals surface area contributed by atoms with E-state index in [0.717, 1.165) is 11.4 Å². The Morgan fingerprint density at radius 1 is 1.09 bits per heavy atom. The number of nitrogens with zero attached hydrogens (tertiary/aromatic N) is 3. The number of carbonyl (C=O) groups excluding carboxylic acids is 1. The monoisotopic (exact) mass is 295 g/mol. The Morgan fingerprint density at radius 2 is 1.73 bits per heavy atom. The molecule has 2 aromatic carbocycles. The van der Waals surface area contributed by atoms with Crippen LogP contribution in [0.25, 0.3) is 0 Å². The van der Waals surface area contributed by atoms with Gasteiger partial charge >= 0.3 is 6.09 Å². The Balaban J connectivity index is 1.65. The molecule has 1 heterocycles. The molecule has 1 amide bonds. The largest absolute Gasteiger partial charge is 0.420 e. The molecular formula is C17H17N3O2. The molecule has 0 bridgehead atoms. The fourth-order valence-electron chi connectivity index (χ4n) is 2.22. The first-order valence-corrected chi connectivity index (χ1v) is 7.15. The molecule has 0 spiro atoms. The van der Waals surface area contributed by atoms with Gasteiger partial charge in [-0.2, -0.15) is 0 Å². The van der Waals surface area contributed by atoms with E-state index in [2.05, 4.69) is 5.10 Å². The third kappa shape index (κ3) is 3.09. The molecule has 5 nitrogen and oxygen atoms in total. The van der Waals surface area contributed by atoms with Gasteiger partial charge in [0, 0.05) is 19.2 Å². The molecule has 0 unspecified atom stereocenters. The van der Waals surface area contributed by atoms with Crippen LogP contribution in [0.15, 0.2) is 65.8 Å². The molecule has 0 fully saturated rings. The van der Waals surface area contributed by atoms with Gasteiger partial charge in [0.2, 0.25) is 5.90 Å². The second-order valence-corrected chi connectivity index (χ2v) is 4.96. The molecule has 1 aliphatic rings. The number of hydrazone groups is 1. The number of amides is 1. The van der Waals surface area contributed by atoms with Gasteiger partial charge in [0.15, 0.2) is 0 Å². The zero-order chi connectivity index (χ0) is 15.4. The highest BCUT2D eigenvalue weighted by Crippen LogP contribution is 2.20. The van der Waals surface area contributed by atoms with Gasteiger partial charge in [0.25, 0.3) is 0 Å². The molecule has 3 rings (SSSR count). The molecule has 112 valence electrons. The Kier molecular flexibility index (Phi) is 4.05. The van der Waals surface area contributed by atoms with E-state index in [-0.39, 0.29) is 0 Å². The lowest BCUT2D eigenvalue weighted by atomic mass is 10.3. The van der Waals surface area contributed by atoms with E-state index in [1.54, 1.807) is 7.05 Å². The van der Waals surface area contributed by atoms with Gasteiger partial charge in [-0.3, -0.25) is 9.91 Å². The molecule has 0 aromatic heterocycles. The third-order valence-electron chi connectivity index (χ3n) is 3.45. The summed E-state index contributed by atoms with van der Waals surface area (Å²) in [5, 5.41) is 6.19. The third-order valence-corrected chi connectivity index (χ3v) is 3.45. The highest BCUT2D eigenvalue weighted by atomic mass is 16.6. The molecule has 22 heavy (non-hydrogen) atoms. The van der Waals surface area contributed by atoms with Crippen molar-refractivity contribution in [3.63, 3.8) is 0 Å². The van der Waals surface area contributed by atoms with E-state index in [4.69, 9.17) is 4.74 Å². The van der Waals surface area contributed by atoms with Gasteiger partial charge in [0.1, 0.15) is 0 Å². The van der Waals surface area contributed by atoms with Crippen molar-refractivity contribution in [2.45, 2.75) is 6.42 Å². The summed E-state index contributed by atoms with van der Waals surface area (Å²) in [4.78, 5) is 13.6. The quantitative estimate of drug-likeness (QED) is 0.852. The molecule has 0 aliphatic carbocycles. The van der Waals surface area contributed by atoms with Crippen LogP contribution in [0.1, 0.15) is 6.42 Å². The van der Waals surface area contributed by atoms with Crippen molar-refractivity contribution >= 4 is 23.4 Å². The van der Waals surface area contributed by atoms with Crippen LogP contribution >= 0.6 is 0 Å². The standard InChI is InChI=1S/C17H17N3O2/c1-19(14-8-4-2-5-9-14)17(21)22-16-12-13-20(18-16)15-10-6-3-7-11-15/h2-11H,12-13H2,1H3. The molecule has 5 heteroatoms. The average Bonchev–Trinajstić information content (AvgIpc) is 3.04. The van der Waals surface area contributed by atoms with E-state index in [9.17, 15) is 4.79 Å². The Morgan fingerprint density at radius 3 is 2.41 bits per heavy atom. The van der Waals surface area contributed by atoms with Crippen LogP contribution < -0.4 is 9.91 Å². The predicted molar refractivity (Wildman–Crippen MR) is 87.2 cm³/mol. The van der Waals surface area contributed by atoms with Gasteiger partial charge in [-0.1, -0.05) is 36.4 Å². The fraction of sp³-hybridized carbons (Fsp3) is 0.176. The van der Waals surface area contributed by atoms with Crippen LogP contribution in [0.4, 0.5) is 16.2 Å². The smallest absolute Gasteiger partial charge is 0.393 e. The lowest BCUT2D eigenvalue weighted by Gasteiger charge is -2.16. The lowest BCUT2D eigenvalue weighted by Crippen LogP contribution is -2.28. The van der Waals surface area contributed by atoms with Crippen LogP contribution in [0.3, 0.4) is 0 Å². The number of carbonyl (C=O) groups is 1. The van der Waals surface area contributed by atoms with Crippen molar-refractivity contribution in [3.05, 3.63) is 60.7 Å². The van der Waals surface area contributed by atoms with Crippen LogP contribution in [0, 0.1) is 0 Å². The zero-order valence-electron chi connectivity index (χ0n) is 12.3. The average molecular weight is 295 g/mol. The Bertz CT molecular complexity index is 671. The maximum atomic E-state index is 12.1. The number of rotatable bonds is 2. The van der Waals surface area contributed by atoms with E-state index in [1.807, 2.05) is 65.7 Å². The normalized spacial score (nSPS) is 13.7. The van der Waals surface area contributed by atoms with E-state index < -0.39 is 6.09 Å². The van der Waals surface area contributed by atoms with E-state index in [1.165, 1.54) is 4.90 Å². The minimum absolute atomic E-state index is 0.431. The summed E-state index contributed by atoms with van der Waals surface area (Å²) in [5.74, 6) is 0.441. The number of anilines is 2.